The molecule has 2 amide bonds. The molecular formula is C3H8N4O2. The van der Waals surface area contributed by atoms with Crippen LogP contribution in [0.15, 0.2) is 5.29 Å². The third-order valence-corrected chi connectivity index (χ3v) is 0.621. The second-order valence-corrected chi connectivity index (χ2v) is 1.44. The van der Waals surface area contributed by atoms with E-state index in [0.29, 0.717) is 0 Å². The van der Waals surface area contributed by atoms with Crippen LogP contribution in [-0.4, -0.2) is 24.8 Å². The van der Waals surface area contributed by atoms with Crippen LogP contribution in [0.2, 0.25) is 0 Å². The van der Waals surface area contributed by atoms with E-state index >= 15 is 0 Å². The predicted octanol–water partition coefficient (Wildman–Crippen LogP) is -0.775. The molecule has 0 radical (unpaired) electrons. The van der Waals surface area contributed by atoms with Gasteiger partial charge in [-0.05, 0) is 0 Å². The van der Waals surface area contributed by atoms with Gasteiger partial charge in [0, 0.05) is 7.05 Å². The van der Waals surface area contributed by atoms with Crippen LogP contribution in [0.25, 0.3) is 0 Å². The quantitative estimate of drug-likeness (QED) is 0.300. The molecule has 6 nitrogen and oxygen atoms in total. The van der Waals surface area contributed by atoms with Gasteiger partial charge in [0.2, 0.25) is 0 Å². The fourth-order valence-electron chi connectivity index (χ4n) is 0.221. The molecule has 0 aromatic heterocycles. The topological polar surface area (TPSA) is 87.8 Å². The summed E-state index contributed by atoms with van der Waals surface area (Å²) in [6, 6.07) is -0.675. The zero-order valence-electron chi connectivity index (χ0n) is 5.00. The predicted molar refractivity (Wildman–Crippen MR) is 31.1 cm³/mol. The Morgan fingerprint density at radius 2 is 2.44 bits per heavy atom. The molecule has 52 valence electrons. The van der Waals surface area contributed by atoms with Crippen LogP contribution in [0.1, 0.15) is 0 Å². The highest BCUT2D eigenvalue weighted by Crippen LogP contribution is 1.74. The zero-order valence-corrected chi connectivity index (χ0v) is 5.00. The molecule has 0 spiro atoms. The van der Waals surface area contributed by atoms with Gasteiger partial charge in [-0.2, -0.15) is 0 Å². The number of nitroso groups, excluding NO2 is 1. The lowest BCUT2D eigenvalue weighted by atomic mass is 10.9. The molecule has 0 bridgehead atoms. The van der Waals surface area contributed by atoms with Crippen molar-refractivity contribution in [2.75, 3.05) is 13.7 Å². The first-order valence-electron chi connectivity index (χ1n) is 2.24. The van der Waals surface area contributed by atoms with Gasteiger partial charge in [-0.3, -0.25) is 0 Å². The molecule has 0 aliphatic carbocycles. The Morgan fingerprint density at radius 3 is 2.78 bits per heavy atom. The lowest BCUT2D eigenvalue weighted by Gasteiger charge is -2.06. The van der Waals surface area contributed by atoms with E-state index in [4.69, 9.17) is 0 Å². The summed E-state index contributed by atoms with van der Waals surface area (Å²) in [5.41, 5.74) is 4.68. The van der Waals surface area contributed by atoms with Crippen molar-refractivity contribution >= 4 is 6.03 Å². The zero-order chi connectivity index (χ0) is 7.28. The van der Waals surface area contributed by atoms with Crippen molar-refractivity contribution in [3.05, 3.63) is 4.91 Å². The number of rotatable bonds is 3. The minimum atomic E-state index is -0.675. The van der Waals surface area contributed by atoms with Crippen LogP contribution in [-0.2, 0) is 0 Å². The van der Waals surface area contributed by atoms with E-state index in [-0.39, 0.29) is 6.67 Å². The third kappa shape index (κ3) is 4.52. The van der Waals surface area contributed by atoms with Gasteiger partial charge in [0.25, 0.3) is 0 Å². The fourth-order valence-corrected chi connectivity index (χ4v) is 0.221. The number of nitrogens with two attached hydrogens (primary N) is 1. The van der Waals surface area contributed by atoms with Crippen molar-refractivity contribution in [3.63, 3.8) is 0 Å². The van der Waals surface area contributed by atoms with E-state index < -0.39 is 6.03 Å². The smallest absolute Gasteiger partial charge is 0.313 e. The van der Waals surface area contributed by atoms with E-state index in [1.54, 1.807) is 0 Å². The fraction of sp³-hybridized carbons (Fsp3) is 0.667. The second-order valence-electron chi connectivity index (χ2n) is 1.44. The van der Waals surface area contributed by atoms with E-state index in [1.165, 1.54) is 7.05 Å². The minimum absolute atomic E-state index is 0.0405. The average molecular weight is 132 g/mol. The monoisotopic (exact) mass is 132 g/mol. The number of amides is 2. The van der Waals surface area contributed by atoms with Crippen LogP contribution in [0.3, 0.4) is 0 Å². The molecule has 0 saturated heterocycles. The van der Waals surface area contributed by atoms with Gasteiger partial charge >= 0.3 is 6.03 Å². The van der Waals surface area contributed by atoms with Gasteiger partial charge in [-0.15, -0.1) is 4.91 Å². The normalized spacial score (nSPS) is 8.11. The molecule has 0 aromatic rings. The number of nitrogens with one attached hydrogen (secondary N) is 1. The standard InChI is InChI=1S/C3H8N4O2/c1-7(6-9)2-5-3(4)8/h2H2,1H3,(H3,4,5,8). The van der Waals surface area contributed by atoms with Crippen molar-refractivity contribution in [3.8, 4) is 0 Å². The summed E-state index contributed by atoms with van der Waals surface area (Å²) in [5, 5.41) is 5.65. The van der Waals surface area contributed by atoms with Crippen LogP contribution in [0.4, 0.5) is 4.79 Å². The van der Waals surface area contributed by atoms with Gasteiger partial charge < -0.3 is 11.1 Å². The first kappa shape index (κ1) is 7.67. The van der Waals surface area contributed by atoms with Gasteiger partial charge in [-0.25, -0.2) is 9.80 Å². The van der Waals surface area contributed by atoms with E-state index in [0.717, 1.165) is 5.01 Å². The molecule has 0 fully saturated rings. The van der Waals surface area contributed by atoms with Crippen LogP contribution < -0.4 is 11.1 Å². The Morgan fingerprint density at radius 1 is 1.89 bits per heavy atom. The lowest BCUT2D eigenvalue weighted by molar-refractivity contribution is 0.238. The average Bonchev–Trinajstić information content (AvgIpc) is 1.83. The second kappa shape index (κ2) is 3.65. The molecule has 0 aliphatic rings. The Labute approximate surface area is 51.9 Å². The summed E-state index contributed by atoms with van der Waals surface area (Å²) in [5.74, 6) is 0. The molecule has 0 saturated carbocycles. The van der Waals surface area contributed by atoms with Crippen molar-refractivity contribution < 1.29 is 4.79 Å². The Balaban J connectivity index is 3.26. The maximum atomic E-state index is 9.96. The SMILES string of the molecule is CN(CNC(N)=O)N=O. The molecule has 0 aromatic carbocycles. The van der Waals surface area contributed by atoms with Crippen molar-refractivity contribution in [2.45, 2.75) is 0 Å². The Bertz CT molecular complexity index is 114. The molecule has 0 aliphatic heterocycles. The van der Waals surface area contributed by atoms with Crippen LogP contribution in [0, 0.1) is 4.91 Å². The van der Waals surface area contributed by atoms with Gasteiger partial charge in [0.05, 0.1) is 5.29 Å². The number of urea groups is 1. The molecular weight excluding hydrogens is 124 g/mol. The summed E-state index contributed by atoms with van der Waals surface area (Å²) in [6.45, 7) is 0.0405. The van der Waals surface area contributed by atoms with Crippen molar-refractivity contribution in [1.82, 2.24) is 10.3 Å². The summed E-state index contributed by atoms with van der Waals surface area (Å²) in [4.78, 5) is 19.6. The van der Waals surface area contributed by atoms with E-state index in [9.17, 15) is 9.70 Å². The lowest BCUT2D eigenvalue weighted by Crippen LogP contribution is -2.36. The van der Waals surface area contributed by atoms with Crippen molar-refractivity contribution in [2.24, 2.45) is 11.0 Å². The number of primary amides is 1. The first-order valence-corrected chi connectivity index (χ1v) is 2.24. The van der Waals surface area contributed by atoms with Gasteiger partial charge in [0.1, 0.15) is 6.67 Å². The summed E-state index contributed by atoms with van der Waals surface area (Å²) < 4.78 is 0. The van der Waals surface area contributed by atoms with Gasteiger partial charge in [0.15, 0.2) is 0 Å². The highest BCUT2D eigenvalue weighted by Gasteiger charge is 1.93. The Kier molecular flexibility index (Phi) is 3.11. The molecule has 0 rings (SSSR count). The number of nitrogens with zero attached hydrogens (tertiary/aromatic N) is 2. The van der Waals surface area contributed by atoms with E-state index in [1.807, 2.05) is 0 Å². The molecule has 0 heterocycles. The first-order chi connectivity index (χ1) is 4.16. The largest absolute Gasteiger partial charge is 0.352 e. The molecule has 3 N–H and O–H groups in total. The molecule has 0 unspecified atom stereocenters. The molecule has 9 heavy (non-hydrogen) atoms. The highest BCUT2D eigenvalue weighted by atomic mass is 16.3. The maximum Gasteiger partial charge on any atom is 0.313 e. The third-order valence-electron chi connectivity index (χ3n) is 0.621. The summed E-state index contributed by atoms with van der Waals surface area (Å²) in [7, 11) is 1.42. The number of hydrogen-bond donors (Lipinski definition) is 2. The number of carbonyl (C=O) groups is 1. The number of carbonyl (C=O) groups excluding carboxylic acids is 1. The summed E-state index contributed by atoms with van der Waals surface area (Å²) >= 11 is 0. The van der Waals surface area contributed by atoms with Gasteiger partial charge in [-0.1, -0.05) is 0 Å². The minimum Gasteiger partial charge on any atom is -0.352 e. The van der Waals surface area contributed by atoms with Crippen LogP contribution in [0.5, 0.6) is 0 Å². The highest BCUT2D eigenvalue weighted by molar-refractivity contribution is 5.71. The maximum absolute atomic E-state index is 9.96. The van der Waals surface area contributed by atoms with Crippen LogP contribution >= 0.6 is 0 Å². The van der Waals surface area contributed by atoms with E-state index in [2.05, 4.69) is 16.3 Å². The molecule has 0 atom stereocenters. The van der Waals surface area contributed by atoms with Crippen molar-refractivity contribution in [1.29, 1.82) is 0 Å². The number of hydrogen-bond acceptors (Lipinski definition) is 3. The Hall–Kier alpha value is -1.33. The molecule has 6 heteroatoms. The summed E-state index contributed by atoms with van der Waals surface area (Å²) in [6.07, 6.45) is 0.